The normalized spacial score (nSPS) is 15.9. The van der Waals surface area contributed by atoms with Crippen molar-refractivity contribution in [3.05, 3.63) is 65.1 Å². The molecule has 32 heavy (non-hydrogen) atoms. The van der Waals surface area contributed by atoms with Gasteiger partial charge in [-0.2, -0.15) is 0 Å². The van der Waals surface area contributed by atoms with E-state index >= 15 is 0 Å². The van der Waals surface area contributed by atoms with E-state index in [0.29, 0.717) is 19.4 Å². The van der Waals surface area contributed by atoms with Crippen LogP contribution in [0.2, 0.25) is 0 Å². The summed E-state index contributed by atoms with van der Waals surface area (Å²) in [6, 6.07) is 11.9. The number of aryl methyl sites for hydroxylation is 3. The molecule has 7 nitrogen and oxygen atoms in total. The second-order valence-electron chi connectivity index (χ2n) is 8.20. The number of carbonyl (C=O) groups is 1. The van der Waals surface area contributed by atoms with Gasteiger partial charge < -0.3 is 19.5 Å². The Hall–Kier alpha value is -3.61. The minimum absolute atomic E-state index is 0.00794. The van der Waals surface area contributed by atoms with Crippen LogP contribution in [0.15, 0.2) is 42.6 Å². The molecular formula is C25H25N3O4. The predicted molar refractivity (Wildman–Crippen MR) is 119 cm³/mol. The summed E-state index contributed by atoms with van der Waals surface area (Å²) in [4.78, 5) is 21.4. The monoisotopic (exact) mass is 431 g/mol. The summed E-state index contributed by atoms with van der Waals surface area (Å²) in [5.74, 6) is 2.37. The van der Waals surface area contributed by atoms with E-state index < -0.39 is 0 Å². The molecule has 5 rings (SSSR count). The summed E-state index contributed by atoms with van der Waals surface area (Å²) in [5.41, 5.74) is 5.91. The Morgan fingerprint density at radius 2 is 1.94 bits per heavy atom. The lowest BCUT2D eigenvalue weighted by Crippen LogP contribution is -2.34. The molecule has 2 aliphatic rings. The van der Waals surface area contributed by atoms with Gasteiger partial charge in [0, 0.05) is 24.6 Å². The molecule has 1 unspecified atom stereocenters. The van der Waals surface area contributed by atoms with Crippen LogP contribution in [0.25, 0.3) is 11.3 Å². The summed E-state index contributed by atoms with van der Waals surface area (Å²) < 4.78 is 16.8. The van der Waals surface area contributed by atoms with Crippen molar-refractivity contribution in [2.24, 2.45) is 0 Å². The number of nitrogens with zero attached hydrogens (tertiary/aromatic N) is 2. The summed E-state index contributed by atoms with van der Waals surface area (Å²) in [6.07, 6.45) is 3.52. The third-order valence-corrected chi connectivity index (χ3v) is 5.76. The topological polar surface area (TPSA) is 82.6 Å². The maximum absolute atomic E-state index is 12.4. The highest BCUT2D eigenvalue weighted by Gasteiger charge is 2.24. The fraction of sp³-hybridized carbons (Fsp3) is 0.320. The number of benzene rings is 2. The molecule has 164 valence electrons. The van der Waals surface area contributed by atoms with Crippen molar-refractivity contribution in [2.45, 2.75) is 39.2 Å². The van der Waals surface area contributed by atoms with Crippen LogP contribution in [0.4, 0.5) is 0 Å². The van der Waals surface area contributed by atoms with Gasteiger partial charge in [-0.05, 0) is 61.7 Å². The highest BCUT2D eigenvalue weighted by atomic mass is 16.7. The average molecular weight is 431 g/mol. The minimum atomic E-state index is -0.0700. The molecule has 0 fully saturated rings. The number of hydrogen-bond donors (Lipinski definition) is 1. The Labute approximate surface area is 186 Å². The van der Waals surface area contributed by atoms with Gasteiger partial charge >= 0.3 is 0 Å². The molecule has 0 spiro atoms. The molecule has 0 aliphatic carbocycles. The van der Waals surface area contributed by atoms with Crippen molar-refractivity contribution in [1.82, 2.24) is 15.3 Å². The van der Waals surface area contributed by atoms with Crippen molar-refractivity contribution >= 4 is 5.91 Å². The molecule has 3 heterocycles. The molecule has 0 saturated heterocycles. The Balaban J connectivity index is 1.14. The lowest BCUT2D eigenvalue weighted by Gasteiger charge is -2.12. The molecule has 2 aliphatic heterocycles. The molecule has 1 amide bonds. The Morgan fingerprint density at radius 1 is 1.09 bits per heavy atom. The molecule has 0 bridgehead atoms. The maximum atomic E-state index is 12.4. The molecule has 1 atom stereocenters. The molecule has 0 radical (unpaired) electrons. The van der Waals surface area contributed by atoms with Crippen molar-refractivity contribution in [3.63, 3.8) is 0 Å². The van der Waals surface area contributed by atoms with Crippen molar-refractivity contribution in [2.75, 3.05) is 13.3 Å². The van der Waals surface area contributed by atoms with E-state index in [-0.39, 0.29) is 18.8 Å². The van der Waals surface area contributed by atoms with E-state index in [4.69, 9.17) is 14.2 Å². The van der Waals surface area contributed by atoms with Gasteiger partial charge in [-0.1, -0.05) is 6.07 Å². The van der Waals surface area contributed by atoms with Crippen molar-refractivity contribution < 1.29 is 19.0 Å². The van der Waals surface area contributed by atoms with E-state index in [0.717, 1.165) is 57.4 Å². The van der Waals surface area contributed by atoms with Crippen molar-refractivity contribution in [3.8, 4) is 28.5 Å². The zero-order valence-corrected chi connectivity index (χ0v) is 18.2. The van der Waals surface area contributed by atoms with E-state index in [1.807, 2.05) is 44.2 Å². The fourth-order valence-corrected chi connectivity index (χ4v) is 4.06. The number of nitrogens with one attached hydrogen (secondary N) is 1. The summed E-state index contributed by atoms with van der Waals surface area (Å²) in [5, 5.41) is 3.00. The van der Waals surface area contributed by atoms with Crippen LogP contribution in [-0.4, -0.2) is 35.3 Å². The van der Waals surface area contributed by atoms with Crippen LogP contribution in [0.1, 0.15) is 28.9 Å². The van der Waals surface area contributed by atoms with Crippen LogP contribution in [0.3, 0.4) is 0 Å². The first kappa shape index (κ1) is 20.3. The third-order valence-electron chi connectivity index (χ3n) is 5.76. The first-order chi connectivity index (χ1) is 15.5. The van der Waals surface area contributed by atoms with Gasteiger partial charge in [0.15, 0.2) is 11.5 Å². The number of ether oxygens (including phenoxy) is 3. The highest BCUT2D eigenvalue weighted by molar-refractivity contribution is 5.76. The summed E-state index contributed by atoms with van der Waals surface area (Å²) >= 11 is 0. The van der Waals surface area contributed by atoms with Gasteiger partial charge in [-0.15, -0.1) is 0 Å². The van der Waals surface area contributed by atoms with Gasteiger partial charge in [-0.25, -0.2) is 4.98 Å². The number of amides is 1. The SMILES string of the molecule is Cc1cnc(C)c(-c2ccc3c(c2)CC(CNC(=O)CCc2ccc4c(c2)OCO4)O3)n1. The Kier molecular flexibility index (Phi) is 5.39. The fourth-order valence-electron chi connectivity index (χ4n) is 4.06. The zero-order chi connectivity index (χ0) is 22.1. The van der Waals surface area contributed by atoms with Crippen molar-refractivity contribution in [1.29, 1.82) is 0 Å². The molecule has 7 heteroatoms. The smallest absolute Gasteiger partial charge is 0.231 e. The lowest BCUT2D eigenvalue weighted by atomic mass is 10.0. The number of hydrogen-bond acceptors (Lipinski definition) is 6. The molecule has 2 aromatic carbocycles. The first-order valence-electron chi connectivity index (χ1n) is 10.8. The molecule has 3 aromatic rings. The molecular weight excluding hydrogens is 406 g/mol. The average Bonchev–Trinajstić information content (AvgIpc) is 3.43. The Morgan fingerprint density at radius 3 is 2.84 bits per heavy atom. The third kappa shape index (κ3) is 4.23. The highest BCUT2D eigenvalue weighted by Crippen LogP contribution is 2.34. The molecule has 1 N–H and O–H groups in total. The van der Waals surface area contributed by atoms with Crippen LogP contribution >= 0.6 is 0 Å². The molecule has 1 aromatic heterocycles. The maximum Gasteiger partial charge on any atom is 0.231 e. The number of carbonyl (C=O) groups excluding carboxylic acids is 1. The zero-order valence-electron chi connectivity index (χ0n) is 18.2. The standard InChI is InChI=1S/C25H25N3O4/c1-15-12-26-16(2)25(28-15)18-5-7-21-19(10-18)11-20(32-21)13-27-24(29)8-4-17-3-6-22-23(9-17)31-14-30-22/h3,5-7,9-10,12,20H,4,8,11,13-14H2,1-2H3,(H,27,29). The largest absolute Gasteiger partial charge is 0.488 e. The van der Waals surface area contributed by atoms with Crippen LogP contribution in [-0.2, 0) is 17.6 Å². The lowest BCUT2D eigenvalue weighted by molar-refractivity contribution is -0.121. The number of aromatic nitrogens is 2. The summed E-state index contributed by atoms with van der Waals surface area (Å²) in [7, 11) is 0. The van der Waals surface area contributed by atoms with Gasteiger partial charge in [0.1, 0.15) is 11.9 Å². The van der Waals surface area contributed by atoms with E-state index in [1.54, 1.807) is 6.20 Å². The second kappa shape index (κ2) is 8.49. The van der Waals surface area contributed by atoms with E-state index in [2.05, 4.69) is 21.4 Å². The van der Waals surface area contributed by atoms with Crippen LogP contribution in [0.5, 0.6) is 17.2 Å². The van der Waals surface area contributed by atoms with Crippen LogP contribution in [0, 0.1) is 13.8 Å². The van der Waals surface area contributed by atoms with Gasteiger partial charge in [0.25, 0.3) is 0 Å². The van der Waals surface area contributed by atoms with Gasteiger partial charge in [-0.3, -0.25) is 9.78 Å². The van der Waals surface area contributed by atoms with Gasteiger partial charge in [0.2, 0.25) is 12.7 Å². The second-order valence-corrected chi connectivity index (χ2v) is 8.20. The van der Waals surface area contributed by atoms with E-state index in [9.17, 15) is 4.79 Å². The Bertz CT molecular complexity index is 1180. The van der Waals surface area contributed by atoms with E-state index in [1.165, 1.54) is 0 Å². The molecule has 0 saturated carbocycles. The summed E-state index contributed by atoms with van der Waals surface area (Å²) in [6.45, 7) is 4.64. The van der Waals surface area contributed by atoms with Gasteiger partial charge in [0.05, 0.1) is 23.6 Å². The predicted octanol–water partition coefficient (Wildman–Crippen LogP) is 3.54. The first-order valence-corrected chi connectivity index (χ1v) is 10.8. The van der Waals surface area contributed by atoms with Crippen LogP contribution < -0.4 is 19.5 Å². The minimum Gasteiger partial charge on any atom is -0.488 e. The number of rotatable bonds is 6. The number of fused-ring (bicyclic) bond motifs is 2. The quantitative estimate of drug-likeness (QED) is 0.643.